The highest BCUT2D eigenvalue weighted by molar-refractivity contribution is 6.31. The van der Waals surface area contributed by atoms with Crippen molar-refractivity contribution in [3.8, 4) is 5.75 Å². The van der Waals surface area contributed by atoms with Gasteiger partial charge in [-0.3, -0.25) is 14.2 Å². The summed E-state index contributed by atoms with van der Waals surface area (Å²) >= 11 is 5.99. The van der Waals surface area contributed by atoms with E-state index in [1.807, 2.05) is 0 Å². The fourth-order valence-corrected chi connectivity index (χ4v) is 3.52. The Balaban J connectivity index is 2.14. The first-order valence-electron chi connectivity index (χ1n) is 9.29. The molecule has 0 radical (unpaired) electrons. The second-order valence-electron chi connectivity index (χ2n) is 7.69. The number of halogens is 2. The van der Waals surface area contributed by atoms with Gasteiger partial charge in [0.15, 0.2) is 11.6 Å². The molecule has 1 aromatic heterocycles. The largest absolute Gasteiger partial charge is 0.505 e. The number of hydrogen-bond acceptors (Lipinski definition) is 4. The average Bonchev–Trinajstić information content (AvgIpc) is 2.92. The minimum absolute atomic E-state index is 0.165. The maximum absolute atomic E-state index is 14.1. The number of aromatic hydroxyl groups is 1. The van der Waals surface area contributed by atoms with Crippen molar-refractivity contribution >= 4 is 40.3 Å². The molecule has 0 saturated carbocycles. The number of aliphatic carboxylic acids is 1. The van der Waals surface area contributed by atoms with Crippen molar-refractivity contribution in [1.29, 1.82) is 0 Å². The number of fused-ring (bicyclic) bond motifs is 1. The molecule has 31 heavy (non-hydrogen) atoms. The van der Waals surface area contributed by atoms with Gasteiger partial charge >= 0.3 is 5.97 Å². The Morgan fingerprint density at radius 3 is 2.48 bits per heavy atom. The Hall–Kier alpha value is -3.39. The number of carbonyl (C=O) groups is 3. The zero-order valence-electron chi connectivity index (χ0n) is 17.0. The Labute approximate surface area is 182 Å². The van der Waals surface area contributed by atoms with Crippen LogP contribution in [-0.2, 0) is 16.0 Å². The Bertz CT molecular complexity index is 1230. The summed E-state index contributed by atoms with van der Waals surface area (Å²) in [6.45, 7) is 4.27. The van der Waals surface area contributed by atoms with Gasteiger partial charge in [0.05, 0.1) is 11.9 Å². The predicted octanol–water partition coefficient (Wildman–Crippen LogP) is 3.66. The average molecular weight is 447 g/mol. The van der Waals surface area contributed by atoms with E-state index >= 15 is 0 Å². The topological polar surface area (TPSA) is 109 Å². The molecule has 1 heterocycles. The van der Waals surface area contributed by atoms with E-state index < -0.39 is 34.9 Å². The van der Waals surface area contributed by atoms with Crippen molar-refractivity contribution < 1.29 is 29.0 Å². The number of nitrogens with one attached hydrogen (secondary N) is 1. The molecule has 0 saturated heterocycles. The molecule has 3 rings (SSSR count). The molecule has 1 amide bonds. The molecule has 0 spiro atoms. The molecule has 0 bridgehead atoms. The Morgan fingerprint density at radius 2 is 1.87 bits per heavy atom. The van der Waals surface area contributed by atoms with Crippen molar-refractivity contribution in [2.75, 3.05) is 0 Å². The SMILES string of the molecule is Cc1c(CC(=O)NC(C)(C)C(=O)O)c2cc(O)c(F)cc2n1C(=O)c1cccc(Cl)c1. The Kier molecular flexibility index (Phi) is 5.78. The number of phenols is 1. The zero-order chi connectivity index (χ0) is 23.1. The summed E-state index contributed by atoms with van der Waals surface area (Å²) in [6.07, 6.45) is -0.278. The lowest BCUT2D eigenvalue weighted by Gasteiger charge is -2.21. The minimum Gasteiger partial charge on any atom is -0.505 e. The summed E-state index contributed by atoms with van der Waals surface area (Å²) in [5.41, 5.74) is -0.372. The van der Waals surface area contributed by atoms with Crippen LogP contribution in [-0.4, -0.2) is 38.1 Å². The highest BCUT2D eigenvalue weighted by atomic mass is 35.5. The first kappa shape index (κ1) is 22.3. The van der Waals surface area contributed by atoms with Gasteiger partial charge in [-0.1, -0.05) is 17.7 Å². The molecule has 0 aliphatic heterocycles. The van der Waals surface area contributed by atoms with Crippen LogP contribution in [0.3, 0.4) is 0 Å². The maximum Gasteiger partial charge on any atom is 0.328 e. The monoisotopic (exact) mass is 446 g/mol. The van der Waals surface area contributed by atoms with Gasteiger partial charge in [0.1, 0.15) is 5.54 Å². The normalized spacial score (nSPS) is 11.5. The lowest BCUT2D eigenvalue weighted by molar-refractivity contribution is -0.145. The second kappa shape index (κ2) is 8.03. The van der Waals surface area contributed by atoms with E-state index in [0.29, 0.717) is 21.7 Å². The van der Waals surface area contributed by atoms with Crippen LogP contribution in [0.1, 0.15) is 35.5 Å². The molecule has 0 fully saturated rings. The predicted molar refractivity (Wildman–Crippen MR) is 113 cm³/mol. The van der Waals surface area contributed by atoms with Crippen LogP contribution in [0.5, 0.6) is 5.75 Å². The van der Waals surface area contributed by atoms with Gasteiger partial charge in [-0.05, 0) is 50.6 Å². The van der Waals surface area contributed by atoms with E-state index in [1.54, 1.807) is 25.1 Å². The molecule has 2 aromatic carbocycles. The minimum atomic E-state index is -1.51. The lowest BCUT2D eigenvalue weighted by atomic mass is 10.0. The summed E-state index contributed by atoms with van der Waals surface area (Å²) in [5.74, 6) is -3.86. The summed E-state index contributed by atoms with van der Waals surface area (Å²) < 4.78 is 15.4. The van der Waals surface area contributed by atoms with Crippen molar-refractivity contribution in [1.82, 2.24) is 9.88 Å². The first-order chi connectivity index (χ1) is 14.4. The lowest BCUT2D eigenvalue weighted by Crippen LogP contribution is -2.50. The molecule has 0 unspecified atom stereocenters. The van der Waals surface area contributed by atoms with Crippen LogP contribution < -0.4 is 5.32 Å². The maximum atomic E-state index is 14.1. The summed E-state index contributed by atoms with van der Waals surface area (Å²) in [4.78, 5) is 37.0. The number of phenolic OH excluding ortho intramolecular Hbond substituents is 1. The van der Waals surface area contributed by atoms with Crippen LogP contribution in [0.25, 0.3) is 10.9 Å². The summed E-state index contributed by atoms with van der Waals surface area (Å²) in [6, 6.07) is 8.39. The second-order valence-corrected chi connectivity index (χ2v) is 8.13. The molecule has 7 nitrogen and oxygen atoms in total. The third kappa shape index (κ3) is 4.25. The number of nitrogens with zero attached hydrogens (tertiary/aromatic N) is 1. The van der Waals surface area contributed by atoms with Gasteiger partial charge in [0.2, 0.25) is 5.91 Å². The third-order valence-electron chi connectivity index (χ3n) is 5.00. The van der Waals surface area contributed by atoms with Crippen LogP contribution in [0, 0.1) is 12.7 Å². The molecule has 0 atom stereocenters. The number of hydrogen-bond donors (Lipinski definition) is 3. The van der Waals surface area contributed by atoms with E-state index in [-0.39, 0.29) is 17.5 Å². The number of aromatic nitrogens is 1. The van der Waals surface area contributed by atoms with Crippen LogP contribution >= 0.6 is 11.6 Å². The molecule has 9 heteroatoms. The van der Waals surface area contributed by atoms with E-state index in [2.05, 4.69) is 5.32 Å². The van der Waals surface area contributed by atoms with Crippen LogP contribution in [0.4, 0.5) is 4.39 Å². The summed E-state index contributed by atoms with van der Waals surface area (Å²) in [5, 5.41) is 22.1. The fraction of sp³-hybridized carbons (Fsp3) is 0.227. The van der Waals surface area contributed by atoms with E-state index in [0.717, 1.165) is 12.1 Å². The number of amides is 1. The third-order valence-corrected chi connectivity index (χ3v) is 5.24. The number of rotatable bonds is 5. The van der Waals surface area contributed by atoms with Crippen molar-refractivity contribution in [2.24, 2.45) is 0 Å². The van der Waals surface area contributed by atoms with Gasteiger partial charge < -0.3 is 15.5 Å². The van der Waals surface area contributed by atoms with Crippen LogP contribution in [0.15, 0.2) is 36.4 Å². The fourth-order valence-electron chi connectivity index (χ4n) is 3.33. The molecular weight excluding hydrogens is 427 g/mol. The molecule has 0 aliphatic rings. The van der Waals surface area contributed by atoms with Gasteiger partial charge in [-0.2, -0.15) is 0 Å². The van der Waals surface area contributed by atoms with Crippen molar-refractivity contribution in [3.05, 3.63) is 64.1 Å². The molecule has 162 valence electrons. The number of carbonyl (C=O) groups excluding carboxylic acids is 2. The zero-order valence-corrected chi connectivity index (χ0v) is 17.7. The smallest absolute Gasteiger partial charge is 0.328 e. The number of benzene rings is 2. The van der Waals surface area contributed by atoms with E-state index in [1.165, 1.54) is 24.5 Å². The van der Waals surface area contributed by atoms with Crippen molar-refractivity contribution in [3.63, 3.8) is 0 Å². The Morgan fingerprint density at radius 1 is 1.19 bits per heavy atom. The van der Waals surface area contributed by atoms with Gasteiger partial charge in [-0.25, -0.2) is 9.18 Å². The standard InChI is InChI=1S/C22H20ClFN2O5/c1-11-14(9-19(28)25-22(2,3)21(30)31)15-8-18(27)16(24)10-17(15)26(11)20(29)12-5-4-6-13(23)7-12/h4-8,10,27H,9H2,1-3H3,(H,25,28)(H,30,31). The van der Waals surface area contributed by atoms with Gasteiger partial charge in [0, 0.05) is 27.7 Å². The van der Waals surface area contributed by atoms with E-state index in [4.69, 9.17) is 11.6 Å². The van der Waals surface area contributed by atoms with Gasteiger partial charge in [-0.15, -0.1) is 0 Å². The number of carboxylic acids is 1. The van der Waals surface area contributed by atoms with Gasteiger partial charge in [0.25, 0.3) is 5.91 Å². The van der Waals surface area contributed by atoms with E-state index in [9.17, 15) is 29.0 Å². The molecule has 3 aromatic rings. The molecule has 3 N–H and O–H groups in total. The van der Waals surface area contributed by atoms with Crippen LogP contribution in [0.2, 0.25) is 5.02 Å². The van der Waals surface area contributed by atoms with Crippen molar-refractivity contribution in [2.45, 2.75) is 32.7 Å². The quantitative estimate of drug-likeness (QED) is 0.554. The first-order valence-corrected chi connectivity index (χ1v) is 9.67. The summed E-state index contributed by atoms with van der Waals surface area (Å²) in [7, 11) is 0. The molecule has 0 aliphatic carbocycles. The molecular formula is C22H20ClFN2O5. The highest BCUT2D eigenvalue weighted by Gasteiger charge is 2.30. The highest BCUT2D eigenvalue weighted by Crippen LogP contribution is 2.32. The number of carboxylic acid groups (broad SMARTS) is 1.